The number of fused-ring (bicyclic) bond motifs is 2. The summed E-state index contributed by atoms with van der Waals surface area (Å²) in [7, 11) is 0. The predicted molar refractivity (Wildman–Crippen MR) is 64.7 cm³/mol. The van der Waals surface area contributed by atoms with Gasteiger partial charge in [0.2, 0.25) is 0 Å². The quantitative estimate of drug-likeness (QED) is 0.835. The van der Waals surface area contributed by atoms with Crippen molar-refractivity contribution < 1.29 is 0 Å². The third-order valence-corrected chi connectivity index (χ3v) is 4.54. The average molecular weight is 232 g/mol. The first-order valence-electron chi connectivity index (χ1n) is 7.04. The summed E-state index contributed by atoms with van der Waals surface area (Å²) < 4.78 is 0. The van der Waals surface area contributed by atoms with Crippen molar-refractivity contribution in [2.24, 2.45) is 5.92 Å². The molecule has 4 rings (SSSR count). The summed E-state index contributed by atoms with van der Waals surface area (Å²) in [5.41, 5.74) is 0. The first-order valence-corrected chi connectivity index (χ1v) is 7.04. The van der Waals surface area contributed by atoms with Crippen molar-refractivity contribution in [1.29, 1.82) is 0 Å². The lowest BCUT2D eigenvalue weighted by Crippen LogP contribution is -2.38. The van der Waals surface area contributed by atoms with Gasteiger partial charge in [-0.15, -0.1) is 0 Å². The fourth-order valence-electron chi connectivity index (χ4n) is 3.54. The van der Waals surface area contributed by atoms with Gasteiger partial charge in [0.15, 0.2) is 5.82 Å². The van der Waals surface area contributed by atoms with Gasteiger partial charge in [0.1, 0.15) is 5.82 Å². The molecule has 0 aromatic carbocycles. The number of piperidine rings is 1. The lowest BCUT2D eigenvalue weighted by atomic mass is 9.89. The van der Waals surface area contributed by atoms with Crippen LogP contribution in [0.4, 0.5) is 0 Å². The van der Waals surface area contributed by atoms with Crippen molar-refractivity contribution in [3.63, 3.8) is 0 Å². The molecule has 1 aromatic rings. The maximum Gasteiger partial charge on any atom is 0.153 e. The SMILES string of the molecule is C(c1nc(C2CC2)n[nH]1)C1CC2CCC(C1)N2. The Kier molecular flexibility index (Phi) is 2.25. The molecule has 4 heteroatoms. The summed E-state index contributed by atoms with van der Waals surface area (Å²) in [6, 6.07) is 1.56. The zero-order chi connectivity index (χ0) is 11.2. The third-order valence-electron chi connectivity index (χ3n) is 4.54. The highest BCUT2D eigenvalue weighted by Gasteiger charge is 2.34. The minimum atomic E-state index is 0.671. The summed E-state index contributed by atoms with van der Waals surface area (Å²) in [5, 5.41) is 11.2. The molecule has 2 saturated heterocycles. The van der Waals surface area contributed by atoms with Crippen LogP contribution < -0.4 is 5.32 Å². The molecular formula is C13H20N4. The standard InChI is InChI=1S/C13H20N4/c1-2-9(1)13-15-12(16-17-13)7-8-5-10-3-4-11(6-8)14-10/h8-11,14H,1-7H2,(H,15,16,17). The molecule has 17 heavy (non-hydrogen) atoms. The number of aromatic nitrogens is 3. The number of nitrogens with one attached hydrogen (secondary N) is 2. The molecule has 3 aliphatic rings. The molecular weight excluding hydrogens is 212 g/mol. The number of nitrogens with zero attached hydrogens (tertiary/aromatic N) is 2. The summed E-state index contributed by atoms with van der Waals surface area (Å²) in [5.74, 6) is 3.67. The van der Waals surface area contributed by atoms with Gasteiger partial charge in [-0.05, 0) is 44.4 Å². The first kappa shape index (κ1) is 10.1. The van der Waals surface area contributed by atoms with Crippen molar-refractivity contribution in [2.75, 3.05) is 0 Å². The molecule has 2 aliphatic heterocycles. The topological polar surface area (TPSA) is 53.6 Å². The van der Waals surface area contributed by atoms with Gasteiger partial charge in [-0.1, -0.05) is 0 Å². The smallest absolute Gasteiger partial charge is 0.153 e. The molecule has 3 heterocycles. The van der Waals surface area contributed by atoms with Gasteiger partial charge in [-0.3, -0.25) is 5.10 Å². The highest BCUT2D eigenvalue weighted by molar-refractivity contribution is 5.06. The van der Waals surface area contributed by atoms with Gasteiger partial charge in [-0.2, -0.15) is 5.10 Å². The lowest BCUT2D eigenvalue weighted by molar-refractivity contribution is 0.295. The summed E-state index contributed by atoms with van der Waals surface area (Å²) in [4.78, 5) is 4.65. The summed E-state index contributed by atoms with van der Waals surface area (Å²) in [6.45, 7) is 0. The summed E-state index contributed by atoms with van der Waals surface area (Å²) >= 11 is 0. The second-order valence-electron chi connectivity index (χ2n) is 6.09. The van der Waals surface area contributed by atoms with E-state index >= 15 is 0 Å². The van der Waals surface area contributed by atoms with Crippen molar-refractivity contribution >= 4 is 0 Å². The maximum absolute atomic E-state index is 4.65. The Balaban J connectivity index is 1.42. The Morgan fingerprint density at radius 1 is 1.06 bits per heavy atom. The molecule has 2 N–H and O–H groups in total. The van der Waals surface area contributed by atoms with Crippen LogP contribution in [0.15, 0.2) is 0 Å². The van der Waals surface area contributed by atoms with E-state index in [0.29, 0.717) is 5.92 Å². The van der Waals surface area contributed by atoms with Crippen molar-refractivity contribution in [2.45, 2.75) is 62.9 Å². The van der Waals surface area contributed by atoms with Crippen LogP contribution in [-0.2, 0) is 6.42 Å². The molecule has 0 spiro atoms. The highest BCUT2D eigenvalue weighted by atomic mass is 15.2. The first-order chi connectivity index (χ1) is 8.37. The number of hydrogen-bond acceptors (Lipinski definition) is 3. The van der Waals surface area contributed by atoms with Gasteiger partial charge >= 0.3 is 0 Å². The van der Waals surface area contributed by atoms with E-state index in [-0.39, 0.29) is 0 Å². The molecule has 3 fully saturated rings. The van der Waals surface area contributed by atoms with Crippen LogP contribution in [-0.4, -0.2) is 27.3 Å². The molecule has 1 aliphatic carbocycles. The molecule has 92 valence electrons. The Morgan fingerprint density at radius 2 is 1.82 bits per heavy atom. The van der Waals surface area contributed by atoms with E-state index in [0.717, 1.165) is 36.1 Å². The van der Waals surface area contributed by atoms with Crippen LogP contribution in [0.2, 0.25) is 0 Å². The molecule has 2 bridgehead atoms. The number of rotatable bonds is 3. The van der Waals surface area contributed by atoms with Crippen molar-refractivity contribution in [3.8, 4) is 0 Å². The number of H-pyrrole nitrogens is 1. The van der Waals surface area contributed by atoms with Gasteiger partial charge in [0.05, 0.1) is 0 Å². The van der Waals surface area contributed by atoms with Gasteiger partial charge in [0, 0.05) is 24.4 Å². The minimum absolute atomic E-state index is 0.671. The molecule has 1 aromatic heterocycles. The monoisotopic (exact) mass is 232 g/mol. The van der Waals surface area contributed by atoms with Crippen LogP contribution in [0.5, 0.6) is 0 Å². The van der Waals surface area contributed by atoms with Crippen LogP contribution in [0, 0.1) is 5.92 Å². The van der Waals surface area contributed by atoms with E-state index in [4.69, 9.17) is 0 Å². The van der Waals surface area contributed by atoms with Crippen LogP contribution in [0.1, 0.15) is 56.1 Å². The second kappa shape index (κ2) is 3.80. The van der Waals surface area contributed by atoms with E-state index in [1.165, 1.54) is 38.5 Å². The van der Waals surface area contributed by atoms with Crippen molar-refractivity contribution in [1.82, 2.24) is 20.5 Å². The van der Waals surface area contributed by atoms with E-state index in [1.54, 1.807) is 0 Å². The van der Waals surface area contributed by atoms with E-state index in [9.17, 15) is 0 Å². The third kappa shape index (κ3) is 1.99. The highest BCUT2D eigenvalue weighted by Crippen LogP contribution is 2.38. The second-order valence-corrected chi connectivity index (χ2v) is 6.09. The molecule has 4 nitrogen and oxygen atoms in total. The number of aromatic amines is 1. The number of hydrogen-bond donors (Lipinski definition) is 2. The van der Waals surface area contributed by atoms with E-state index in [2.05, 4.69) is 20.5 Å². The van der Waals surface area contributed by atoms with E-state index in [1.807, 2.05) is 0 Å². The largest absolute Gasteiger partial charge is 0.311 e. The van der Waals surface area contributed by atoms with E-state index < -0.39 is 0 Å². The normalized spacial score (nSPS) is 36.4. The Morgan fingerprint density at radius 3 is 2.53 bits per heavy atom. The maximum atomic E-state index is 4.65. The van der Waals surface area contributed by atoms with Crippen LogP contribution in [0.3, 0.4) is 0 Å². The molecule has 1 saturated carbocycles. The zero-order valence-electron chi connectivity index (χ0n) is 10.2. The molecule has 2 unspecified atom stereocenters. The van der Waals surface area contributed by atoms with Crippen LogP contribution in [0.25, 0.3) is 0 Å². The predicted octanol–water partition coefficient (Wildman–Crippen LogP) is 1.76. The van der Waals surface area contributed by atoms with Gasteiger partial charge in [-0.25, -0.2) is 4.98 Å². The summed E-state index contributed by atoms with van der Waals surface area (Å²) in [6.07, 6.45) is 9.10. The molecule has 0 radical (unpaired) electrons. The fourth-order valence-corrected chi connectivity index (χ4v) is 3.54. The minimum Gasteiger partial charge on any atom is -0.311 e. The Bertz CT molecular complexity index is 397. The molecule has 2 atom stereocenters. The van der Waals surface area contributed by atoms with Crippen LogP contribution >= 0.6 is 0 Å². The molecule has 0 amide bonds. The zero-order valence-corrected chi connectivity index (χ0v) is 10.2. The Labute approximate surface area is 102 Å². The van der Waals surface area contributed by atoms with Gasteiger partial charge < -0.3 is 5.32 Å². The Hall–Kier alpha value is -0.900. The fraction of sp³-hybridized carbons (Fsp3) is 0.846. The lowest BCUT2D eigenvalue weighted by Gasteiger charge is -2.28. The van der Waals surface area contributed by atoms with Crippen molar-refractivity contribution in [3.05, 3.63) is 11.6 Å². The average Bonchev–Trinajstić information content (AvgIpc) is 2.99. The van der Waals surface area contributed by atoms with Gasteiger partial charge in [0.25, 0.3) is 0 Å².